The average Bonchev–Trinajstić information content (AvgIpc) is 2.07. The molecule has 0 unspecified atom stereocenters. The van der Waals surface area contributed by atoms with Gasteiger partial charge in [0.05, 0.1) is 11.4 Å². The van der Waals surface area contributed by atoms with E-state index in [0.29, 0.717) is 17.9 Å². The average molecular weight is 179 g/mol. The highest BCUT2D eigenvalue weighted by Crippen LogP contribution is 2.15. The van der Waals surface area contributed by atoms with Gasteiger partial charge < -0.3 is 16.8 Å². The fourth-order valence-electron chi connectivity index (χ4n) is 0.961. The molecule has 0 radical (unpaired) electrons. The molecule has 0 fully saturated rings. The van der Waals surface area contributed by atoms with E-state index in [9.17, 15) is 4.79 Å². The number of carbonyl (C=O) groups excluding carboxylic acids is 1. The summed E-state index contributed by atoms with van der Waals surface area (Å²) in [5.41, 5.74) is 13.2. The maximum Gasteiger partial charge on any atom is 0.217 e. The summed E-state index contributed by atoms with van der Waals surface area (Å²) in [7, 11) is 0. The quantitative estimate of drug-likeness (QED) is 0.578. The Hall–Kier alpha value is -1.71. The molecule has 0 aliphatic carbocycles. The van der Waals surface area contributed by atoms with Gasteiger partial charge in [-0.2, -0.15) is 0 Å². The molecule has 1 amide bonds. The van der Waals surface area contributed by atoms with Crippen molar-refractivity contribution >= 4 is 17.3 Å². The third-order valence-corrected chi connectivity index (χ3v) is 1.69. The number of benzene rings is 1. The summed E-state index contributed by atoms with van der Waals surface area (Å²) in [6, 6.07) is 5.32. The number of rotatable bonds is 2. The summed E-state index contributed by atoms with van der Waals surface area (Å²) < 4.78 is 0. The first-order valence-electron chi connectivity index (χ1n) is 3.98. The van der Waals surface area contributed by atoms with E-state index in [2.05, 4.69) is 5.32 Å². The highest BCUT2D eigenvalue weighted by atomic mass is 16.1. The van der Waals surface area contributed by atoms with Crippen molar-refractivity contribution in [1.29, 1.82) is 0 Å². The molecule has 0 bridgehead atoms. The molecule has 0 atom stereocenters. The number of nitrogen functional groups attached to an aromatic ring is 2. The lowest BCUT2D eigenvalue weighted by atomic mass is 10.2. The van der Waals surface area contributed by atoms with Crippen molar-refractivity contribution in [3.8, 4) is 0 Å². The first-order chi connectivity index (χ1) is 6.09. The van der Waals surface area contributed by atoms with Crippen LogP contribution in [-0.2, 0) is 11.3 Å². The Morgan fingerprint density at radius 2 is 2.08 bits per heavy atom. The van der Waals surface area contributed by atoms with Crippen LogP contribution in [0.3, 0.4) is 0 Å². The van der Waals surface area contributed by atoms with E-state index in [4.69, 9.17) is 11.5 Å². The van der Waals surface area contributed by atoms with Gasteiger partial charge in [0.25, 0.3) is 0 Å². The van der Waals surface area contributed by atoms with Crippen molar-refractivity contribution in [2.75, 3.05) is 11.5 Å². The Morgan fingerprint density at radius 1 is 1.38 bits per heavy atom. The molecule has 1 aromatic carbocycles. The fraction of sp³-hybridized carbons (Fsp3) is 0.222. The molecular weight excluding hydrogens is 166 g/mol. The Morgan fingerprint density at radius 3 is 2.62 bits per heavy atom. The van der Waals surface area contributed by atoms with Crippen molar-refractivity contribution in [3.05, 3.63) is 23.8 Å². The van der Waals surface area contributed by atoms with Crippen LogP contribution in [0.4, 0.5) is 11.4 Å². The maximum absolute atomic E-state index is 10.6. The predicted octanol–water partition coefficient (Wildman–Crippen LogP) is 0.487. The van der Waals surface area contributed by atoms with Crippen molar-refractivity contribution < 1.29 is 4.79 Å². The van der Waals surface area contributed by atoms with Crippen LogP contribution in [0.15, 0.2) is 18.2 Å². The SMILES string of the molecule is CC(=O)NCc1ccc(N)c(N)c1. The summed E-state index contributed by atoms with van der Waals surface area (Å²) in [5.74, 6) is -0.0598. The Kier molecular flexibility index (Phi) is 2.74. The molecule has 0 spiro atoms. The Bertz CT molecular complexity index is 323. The first kappa shape index (κ1) is 9.38. The van der Waals surface area contributed by atoms with Crippen LogP contribution in [0, 0.1) is 0 Å². The van der Waals surface area contributed by atoms with E-state index in [-0.39, 0.29) is 5.91 Å². The minimum Gasteiger partial charge on any atom is -0.397 e. The van der Waals surface area contributed by atoms with Crippen LogP contribution in [0.1, 0.15) is 12.5 Å². The van der Waals surface area contributed by atoms with Gasteiger partial charge in [0, 0.05) is 13.5 Å². The van der Waals surface area contributed by atoms with E-state index in [1.54, 1.807) is 12.1 Å². The summed E-state index contributed by atoms with van der Waals surface area (Å²) in [4.78, 5) is 10.6. The van der Waals surface area contributed by atoms with Crippen molar-refractivity contribution in [1.82, 2.24) is 5.32 Å². The van der Waals surface area contributed by atoms with Crippen LogP contribution < -0.4 is 16.8 Å². The smallest absolute Gasteiger partial charge is 0.217 e. The van der Waals surface area contributed by atoms with Gasteiger partial charge in [0.1, 0.15) is 0 Å². The van der Waals surface area contributed by atoms with Gasteiger partial charge in [-0.15, -0.1) is 0 Å². The molecule has 0 aromatic heterocycles. The Labute approximate surface area is 76.9 Å². The summed E-state index contributed by atoms with van der Waals surface area (Å²) in [6.07, 6.45) is 0. The molecule has 4 heteroatoms. The number of anilines is 2. The first-order valence-corrected chi connectivity index (χ1v) is 3.98. The lowest BCUT2D eigenvalue weighted by molar-refractivity contribution is -0.119. The molecular formula is C9H13N3O. The van der Waals surface area contributed by atoms with Crippen LogP contribution in [0.2, 0.25) is 0 Å². The normalized spacial score (nSPS) is 9.62. The minimum atomic E-state index is -0.0598. The van der Waals surface area contributed by atoms with Gasteiger partial charge in [-0.3, -0.25) is 4.79 Å². The predicted molar refractivity (Wildman–Crippen MR) is 52.8 cm³/mol. The monoisotopic (exact) mass is 179 g/mol. The largest absolute Gasteiger partial charge is 0.397 e. The molecule has 70 valence electrons. The van der Waals surface area contributed by atoms with Gasteiger partial charge in [-0.25, -0.2) is 0 Å². The number of hydrogen-bond acceptors (Lipinski definition) is 3. The molecule has 13 heavy (non-hydrogen) atoms. The molecule has 4 nitrogen and oxygen atoms in total. The second-order valence-corrected chi connectivity index (χ2v) is 2.87. The van der Waals surface area contributed by atoms with E-state index in [0.717, 1.165) is 5.56 Å². The summed E-state index contributed by atoms with van der Waals surface area (Å²) >= 11 is 0. The van der Waals surface area contributed by atoms with Crippen LogP contribution >= 0.6 is 0 Å². The van der Waals surface area contributed by atoms with Gasteiger partial charge in [-0.05, 0) is 17.7 Å². The number of amides is 1. The maximum atomic E-state index is 10.6. The minimum absolute atomic E-state index is 0.0598. The molecule has 0 saturated carbocycles. The molecule has 0 heterocycles. The third-order valence-electron chi connectivity index (χ3n) is 1.69. The molecule has 0 aliphatic rings. The fourth-order valence-corrected chi connectivity index (χ4v) is 0.961. The second-order valence-electron chi connectivity index (χ2n) is 2.87. The van der Waals surface area contributed by atoms with E-state index in [1.807, 2.05) is 6.07 Å². The van der Waals surface area contributed by atoms with Crippen molar-refractivity contribution in [2.45, 2.75) is 13.5 Å². The van der Waals surface area contributed by atoms with Crippen LogP contribution in [-0.4, -0.2) is 5.91 Å². The highest BCUT2D eigenvalue weighted by molar-refractivity contribution is 5.73. The lowest BCUT2D eigenvalue weighted by Gasteiger charge is -2.05. The molecule has 1 rings (SSSR count). The second kappa shape index (κ2) is 3.80. The molecule has 5 N–H and O–H groups in total. The number of hydrogen-bond donors (Lipinski definition) is 3. The third kappa shape index (κ3) is 2.66. The zero-order valence-electron chi connectivity index (χ0n) is 7.50. The summed E-state index contributed by atoms with van der Waals surface area (Å²) in [6.45, 7) is 1.96. The number of carbonyl (C=O) groups is 1. The van der Waals surface area contributed by atoms with Crippen LogP contribution in [0.5, 0.6) is 0 Å². The number of nitrogens with one attached hydrogen (secondary N) is 1. The van der Waals surface area contributed by atoms with Gasteiger partial charge in [-0.1, -0.05) is 6.07 Å². The molecule has 0 saturated heterocycles. The zero-order chi connectivity index (χ0) is 9.84. The summed E-state index contributed by atoms with van der Waals surface area (Å²) in [5, 5.41) is 2.67. The van der Waals surface area contributed by atoms with Gasteiger partial charge in [0.2, 0.25) is 5.91 Å². The van der Waals surface area contributed by atoms with E-state index < -0.39 is 0 Å². The van der Waals surface area contributed by atoms with Gasteiger partial charge in [0.15, 0.2) is 0 Å². The molecule has 1 aromatic rings. The standard InChI is InChI=1S/C9H13N3O/c1-6(13)12-5-7-2-3-8(10)9(11)4-7/h2-4H,5,10-11H2,1H3,(H,12,13). The lowest BCUT2D eigenvalue weighted by Crippen LogP contribution is -2.18. The van der Waals surface area contributed by atoms with Crippen LogP contribution in [0.25, 0.3) is 0 Å². The van der Waals surface area contributed by atoms with Crippen molar-refractivity contribution in [3.63, 3.8) is 0 Å². The van der Waals surface area contributed by atoms with E-state index >= 15 is 0 Å². The van der Waals surface area contributed by atoms with E-state index in [1.165, 1.54) is 6.92 Å². The van der Waals surface area contributed by atoms with Gasteiger partial charge >= 0.3 is 0 Å². The highest BCUT2D eigenvalue weighted by Gasteiger charge is 1.97. The van der Waals surface area contributed by atoms with Crippen molar-refractivity contribution in [2.24, 2.45) is 0 Å². The zero-order valence-corrected chi connectivity index (χ0v) is 7.50. The number of nitrogens with two attached hydrogens (primary N) is 2. The molecule has 0 aliphatic heterocycles. The topological polar surface area (TPSA) is 81.1 Å². The Balaban J connectivity index is 2.68.